The third-order valence-electron chi connectivity index (χ3n) is 2.31. The highest BCUT2D eigenvalue weighted by Gasteiger charge is 2.26. The lowest BCUT2D eigenvalue weighted by molar-refractivity contribution is 0.291. The second-order valence-corrected chi connectivity index (χ2v) is 5.12. The van der Waals surface area contributed by atoms with E-state index in [4.69, 9.17) is 5.14 Å². The molecule has 0 amide bonds. The summed E-state index contributed by atoms with van der Waals surface area (Å²) < 4.78 is 23.7. The second-order valence-electron chi connectivity index (χ2n) is 3.62. The molecule has 2 N–H and O–H groups in total. The van der Waals surface area contributed by atoms with Crippen LogP contribution in [-0.4, -0.2) is 50.3 Å². The molecule has 0 aliphatic carbocycles. The van der Waals surface area contributed by atoms with Crippen molar-refractivity contribution in [3.05, 3.63) is 0 Å². The number of hydrogen-bond donors (Lipinski definition) is 1. The van der Waals surface area contributed by atoms with Crippen LogP contribution in [0, 0.1) is 0 Å². The van der Waals surface area contributed by atoms with Crippen molar-refractivity contribution in [1.82, 2.24) is 9.21 Å². The summed E-state index contributed by atoms with van der Waals surface area (Å²) in [7, 11) is -1.53. The number of nitrogens with two attached hydrogens (primary N) is 1. The molecule has 13 heavy (non-hydrogen) atoms. The van der Waals surface area contributed by atoms with Gasteiger partial charge in [-0.15, -0.1) is 0 Å². The van der Waals surface area contributed by atoms with E-state index in [-0.39, 0.29) is 6.04 Å². The highest BCUT2D eigenvalue weighted by Crippen LogP contribution is 2.10. The van der Waals surface area contributed by atoms with Crippen LogP contribution in [0.3, 0.4) is 0 Å². The maximum absolute atomic E-state index is 11.1. The van der Waals surface area contributed by atoms with E-state index in [1.54, 1.807) is 0 Å². The largest absolute Gasteiger partial charge is 0.305 e. The molecule has 0 aromatic rings. The van der Waals surface area contributed by atoms with Gasteiger partial charge in [-0.2, -0.15) is 12.7 Å². The van der Waals surface area contributed by atoms with E-state index in [2.05, 4.69) is 4.90 Å². The van der Waals surface area contributed by atoms with Gasteiger partial charge in [0.1, 0.15) is 0 Å². The van der Waals surface area contributed by atoms with Crippen molar-refractivity contribution in [2.24, 2.45) is 5.14 Å². The Labute approximate surface area is 79.7 Å². The van der Waals surface area contributed by atoms with Crippen LogP contribution in [0.25, 0.3) is 0 Å². The molecule has 1 aliphatic heterocycles. The molecule has 6 heteroatoms. The lowest BCUT2D eigenvalue weighted by Gasteiger charge is -2.24. The van der Waals surface area contributed by atoms with Gasteiger partial charge in [0, 0.05) is 19.1 Å². The van der Waals surface area contributed by atoms with Crippen LogP contribution < -0.4 is 5.14 Å². The van der Waals surface area contributed by atoms with Gasteiger partial charge in [-0.3, -0.25) is 0 Å². The Hall–Kier alpha value is -0.170. The van der Waals surface area contributed by atoms with E-state index in [0.717, 1.165) is 19.5 Å². The average molecular weight is 207 g/mol. The first-order valence-electron chi connectivity index (χ1n) is 4.39. The third-order valence-corrected chi connectivity index (χ3v) is 3.51. The summed E-state index contributed by atoms with van der Waals surface area (Å²) in [5, 5.41) is 5.10. The molecule has 5 nitrogen and oxygen atoms in total. The molecule has 78 valence electrons. The van der Waals surface area contributed by atoms with Gasteiger partial charge in [0.15, 0.2) is 0 Å². The molecular weight excluding hydrogens is 190 g/mol. The minimum atomic E-state index is -3.52. The highest BCUT2D eigenvalue weighted by atomic mass is 32.2. The van der Waals surface area contributed by atoms with Gasteiger partial charge in [0.25, 0.3) is 10.2 Å². The Morgan fingerprint density at radius 3 is 2.54 bits per heavy atom. The van der Waals surface area contributed by atoms with E-state index >= 15 is 0 Å². The normalized spacial score (nSPS) is 28.7. The summed E-state index contributed by atoms with van der Waals surface area (Å²) in [6.45, 7) is 4.09. The zero-order chi connectivity index (χ0) is 10.1. The molecule has 0 bridgehead atoms. The topological polar surface area (TPSA) is 66.6 Å². The van der Waals surface area contributed by atoms with Crippen molar-refractivity contribution >= 4 is 10.2 Å². The summed E-state index contributed by atoms with van der Waals surface area (Å²) in [6.07, 6.45) is 0.845. The first-order chi connectivity index (χ1) is 5.91. The van der Waals surface area contributed by atoms with Crippen LogP contribution in [0.15, 0.2) is 0 Å². The molecule has 1 unspecified atom stereocenters. The number of nitrogens with zero attached hydrogens (tertiary/aromatic N) is 2. The SMILES string of the molecule is CC1CN(C)CCCN1S(N)(=O)=O. The molecule has 0 spiro atoms. The minimum Gasteiger partial charge on any atom is -0.305 e. The lowest BCUT2D eigenvalue weighted by Crippen LogP contribution is -2.45. The van der Waals surface area contributed by atoms with Crippen LogP contribution >= 0.6 is 0 Å². The Balaban J connectivity index is 2.75. The molecule has 1 saturated heterocycles. The van der Waals surface area contributed by atoms with Crippen molar-refractivity contribution in [3.63, 3.8) is 0 Å². The summed E-state index contributed by atoms with van der Waals surface area (Å²) in [4.78, 5) is 2.12. The van der Waals surface area contributed by atoms with E-state index in [1.165, 1.54) is 4.31 Å². The van der Waals surface area contributed by atoms with Gasteiger partial charge in [0.05, 0.1) is 0 Å². The zero-order valence-electron chi connectivity index (χ0n) is 8.10. The fourth-order valence-electron chi connectivity index (χ4n) is 1.73. The fourth-order valence-corrected chi connectivity index (χ4v) is 2.68. The zero-order valence-corrected chi connectivity index (χ0v) is 8.92. The quantitative estimate of drug-likeness (QED) is 0.613. The van der Waals surface area contributed by atoms with Crippen LogP contribution in [0.4, 0.5) is 0 Å². The van der Waals surface area contributed by atoms with E-state index < -0.39 is 10.2 Å². The first kappa shape index (κ1) is 10.9. The highest BCUT2D eigenvalue weighted by molar-refractivity contribution is 7.86. The Morgan fingerprint density at radius 2 is 2.00 bits per heavy atom. The van der Waals surface area contributed by atoms with Gasteiger partial charge >= 0.3 is 0 Å². The first-order valence-corrected chi connectivity index (χ1v) is 5.89. The molecule has 1 fully saturated rings. The van der Waals surface area contributed by atoms with Crippen molar-refractivity contribution in [1.29, 1.82) is 0 Å². The predicted molar refractivity (Wildman–Crippen MR) is 51.4 cm³/mol. The number of rotatable bonds is 1. The van der Waals surface area contributed by atoms with Crippen molar-refractivity contribution in [2.75, 3.05) is 26.7 Å². The smallest absolute Gasteiger partial charge is 0.277 e. The van der Waals surface area contributed by atoms with Crippen LogP contribution in [0.1, 0.15) is 13.3 Å². The molecule has 1 aliphatic rings. The number of likely N-dealkylation sites (N-methyl/N-ethyl adjacent to an activating group) is 1. The molecule has 1 rings (SSSR count). The summed E-state index contributed by atoms with van der Waals surface area (Å²) >= 11 is 0. The van der Waals surface area contributed by atoms with Gasteiger partial charge < -0.3 is 4.90 Å². The summed E-state index contributed by atoms with van der Waals surface area (Å²) in [5.74, 6) is 0. The lowest BCUT2D eigenvalue weighted by atomic mass is 10.3. The maximum Gasteiger partial charge on any atom is 0.277 e. The monoisotopic (exact) mass is 207 g/mol. The van der Waals surface area contributed by atoms with Gasteiger partial charge in [-0.1, -0.05) is 0 Å². The second kappa shape index (κ2) is 3.91. The molecular formula is C7H17N3O2S. The van der Waals surface area contributed by atoms with Gasteiger partial charge in [0.2, 0.25) is 0 Å². The maximum atomic E-state index is 11.1. The van der Waals surface area contributed by atoms with E-state index in [0.29, 0.717) is 6.54 Å². The summed E-state index contributed by atoms with van der Waals surface area (Å²) in [5.41, 5.74) is 0. The van der Waals surface area contributed by atoms with Crippen molar-refractivity contribution < 1.29 is 8.42 Å². The molecule has 0 aromatic carbocycles. The molecule has 0 saturated carbocycles. The standard InChI is InChI=1S/C7H17N3O2S/c1-7-6-9(2)4-3-5-10(7)13(8,11)12/h7H,3-6H2,1-2H3,(H2,8,11,12). The average Bonchev–Trinajstić information content (AvgIpc) is 2.08. The van der Waals surface area contributed by atoms with Crippen LogP contribution in [0.2, 0.25) is 0 Å². The fraction of sp³-hybridized carbons (Fsp3) is 1.00. The van der Waals surface area contributed by atoms with Crippen molar-refractivity contribution in [3.8, 4) is 0 Å². The van der Waals surface area contributed by atoms with E-state index in [9.17, 15) is 8.42 Å². The molecule has 0 aromatic heterocycles. The molecule has 0 radical (unpaired) electrons. The van der Waals surface area contributed by atoms with Gasteiger partial charge in [-0.25, -0.2) is 5.14 Å². The Morgan fingerprint density at radius 1 is 1.38 bits per heavy atom. The van der Waals surface area contributed by atoms with Gasteiger partial charge in [-0.05, 0) is 26.9 Å². The summed E-state index contributed by atoms with van der Waals surface area (Å²) in [6, 6.07) is -0.0255. The van der Waals surface area contributed by atoms with Crippen molar-refractivity contribution in [2.45, 2.75) is 19.4 Å². The predicted octanol–water partition coefficient (Wildman–Crippen LogP) is -0.784. The third kappa shape index (κ3) is 2.91. The van der Waals surface area contributed by atoms with E-state index in [1.807, 2.05) is 14.0 Å². The molecule has 1 atom stereocenters. The van der Waals surface area contributed by atoms with Crippen LogP contribution in [-0.2, 0) is 10.2 Å². The minimum absolute atomic E-state index is 0.0255. The molecule has 1 heterocycles. The van der Waals surface area contributed by atoms with Crippen LogP contribution in [0.5, 0.6) is 0 Å². The Kier molecular flexibility index (Phi) is 3.28. The Bertz CT molecular complexity index is 265. The number of hydrogen-bond acceptors (Lipinski definition) is 3.